The van der Waals surface area contributed by atoms with Crippen LogP contribution in [0.15, 0.2) is 41.3 Å². The van der Waals surface area contributed by atoms with Crippen LogP contribution in [0.4, 0.5) is 16.2 Å². The second-order valence-electron chi connectivity index (χ2n) is 6.85. The van der Waals surface area contributed by atoms with Gasteiger partial charge in [-0.2, -0.15) is 10.5 Å². The highest BCUT2D eigenvalue weighted by Crippen LogP contribution is 2.31. The molecule has 1 fully saturated rings. The summed E-state index contributed by atoms with van der Waals surface area (Å²) in [6, 6.07) is 3.34. The van der Waals surface area contributed by atoms with E-state index in [-0.39, 0.29) is 0 Å². The van der Waals surface area contributed by atoms with Gasteiger partial charge >= 0.3 is 0 Å². The number of nitrogens with zero attached hydrogens (tertiary/aromatic N) is 7. The third-order valence-corrected chi connectivity index (χ3v) is 5.93. The van der Waals surface area contributed by atoms with Gasteiger partial charge in [0.25, 0.3) is 0 Å². The summed E-state index contributed by atoms with van der Waals surface area (Å²) in [5.74, 6) is 1.44. The van der Waals surface area contributed by atoms with Crippen molar-refractivity contribution >= 4 is 29.4 Å². The fourth-order valence-corrected chi connectivity index (χ4v) is 4.24. The number of nitrogens with one attached hydrogen (secondary N) is 2. The van der Waals surface area contributed by atoms with Crippen LogP contribution in [-0.2, 0) is 6.61 Å². The number of aromatic nitrogens is 4. The Balaban J connectivity index is 1.29. The first-order valence-electron chi connectivity index (χ1n) is 9.59. The van der Waals surface area contributed by atoms with E-state index in [1.165, 1.54) is 18.6 Å². The van der Waals surface area contributed by atoms with Gasteiger partial charge in [0, 0.05) is 24.4 Å². The average Bonchev–Trinajstić information content (AvgIpc) is 3.29. The molecule has 3 aromatic heterocycles. The van der Waals surface area contributed by atoms with Crippen molar-refractivity contribution in [2.75, 3.05) is 23.0 Å². The quantitative estimate of drug-likeness (QED) is 0.236. The van der Waals surface area contributed by atoms with Crippen LogP contribution in [0.2, 0.25) is 0 Å². The number of hydrogen-bond acceptors (Lipinski definition) is 10. The number of anilines is 2. The molecule has 0 aliphatic carbocycles. The summed E-state index contributed by atoms with van der Waals surface area (Å²) in [6.45, 7) is 1.94. The highest BCUT2D eigenvalue weighted by atomic mass is 32.1. The normalized spacial score (nSPS) is 14.3. The van der Waals surface area contributed by atoms with Crippen LogP contribution in [0, 0.1) is 16.8 Å². The van der Waals surface area contributed by atoms with E-state index in [9.17, 15) is 4.39 Å². The van der Waals surface area contributed by atoms with Gasteiger partial charge in [-0.3, -0.25) is 5.41 Å². The topological polar surface area (TPSA) is 127 Å². The molecule has 160 valence electrons. The SMILES string of the molecule is N=CN(N=N)c1ccc(OCc2csc(C3CCN(c4ncc(F)cn4)CC3)n2)cn1. The Kier molecular flexibility index (Phi) is 6.36. The van der Waals surface area contributed by atoms with E-state index >= 15 is 0 Å². The Morgan fingerprint density at radius 1 is 1.23 bits per heavy atom. The number of rotatable bonds is 8. The zero-order chi connectivity index (χ0) is 21.6. The molecule has 2 N–H and O–H groups in total. The smallest absolute Gasteiger partial charge is 0.225 e. The summed E-state index contributed by atoms with van der Waals surface area (Å²) in [4.78, 5) is 19.0. The van der Waals surface area contributed by atoms with Crippen LogP contribution in [0.25, 0.3) is 0 Å². The summed E-state index contributed by atoms with van der Waals surface area (Å²) in [7, 11) is 0. The maximum absolute atomic E-state index is 13.0. The van der Waals surface area contributed by atoms with E-state index in [0.29, 0.717) is 30.0 Å². The van der Waals surface area contributed by atoms with Gasteiger partial charge in [0.15, 0.2) is 11.6 Å². The molecule has 4 heterocycles. The zero-order valence-corrected chi connectivity index (χ0v) is 17.3. The maximum atomic E-state index is 13.0. The lowest BCUT2D eigenvalue weighted by molar-refractivity contribution is 0.300. The predicted molar refractivity (Wildman–Crippen MR) is 113 cm³/mol. The van der Waals surface area contributed by atoms with E-state index in [2.05, 4.69) is 25.1 Å². The molecule has 0 unspecified atom stereocenters. The molecule has 31 heavy (non-hydrogen) atoms. The van der Waals surface area contributed by atoms with Crippen LogP contribution in [0.1, 0.15) is 29.5 Å². The number of piperidine rings is 1. The molecule has 0 amide bonds. The Morgan fingerprint density at radius 3 is 2.65 bits per heavy atom. The summed E-state index contributed by atoms with van der Waals surface area (Å²) in [6.07, 6.45) is 6.69. The van der Waals surface area contributed by atoms with Gasteiger partial charge in [0.1, 0.15) is 18.7 Å². The third kappa shape index (κ3) is 4.97. The Hall–Kier alpha value is -3.54. The molecule has 0 spiro atoms. The van der Waals surface area contributed by atoms with E-state index in [1.807, 2.05) is 5.38 Å². The van der Waals surface area contributed by atoms with Gasteiger partial charge < -0.3 is 9.64 Å². The summed E-state index contributed by atoms with van der Waals surface area (Å²) < 4.78 is 18.8. The monoisotopic (exact) mass is 441 g/mol. The summed E-state index contributed by atoms with van der Waals surface area (Å²) in [5, 5.41) is 14.5. The molecule has 0 atom stereocenters. The van der Waals surface area contributed by atoms with Crippen molar-refractivity contribution in [1.82, 2.24) is 19.9 Å². The molecule has 0 saturated carbocycles. The Bertz CT molecular complexity index is 1010. The van der Waals surface area contributed by atoms with Crippen LogP contribution in [-0.4, -0.2) is 39.4 Å². The van der Waals surface area contributed by atoms with E-state index in [0.717, 1.165) is 48.0 Å². The fraction of sp³-hybridized carbons (Fsp3) is 0.316. The molecule has 3 aromatic rings. The van der Waals surface area contributed by atoms with E-state index < -0.39 is 5.82 Å². The first-order chi connectivity index (χ1) is 15.2. The highest BCUT2D eigenvalue weighted by Gasteiger charge is 2.24. The van der Waals surface area contributed by atoms with Gasteiger partial charge in [0.2, 0.25) is 5.95 Å². The van der Waals surface area contributed by atoms with Crippen molar-refractivity contribution in [2.24, 2.45) is 5.22 Å². The molecule has 4 rings (SSSR count). The average molecular weight is 441 g/mol. The van der Waals surface area contributed by atoms with Crippen molar-refractivity contribution < 1.29 is 9.13 Å². The minimum absolute atomic E-state index is 0.330. The van der Waals surface area contributed by atoms with E-state index in [4.69, 9.17) is 20.7 Å². The standard InChI is InChI=1S/C19H20FN9OS/c20-14-7-24-19(25-8-14)28-5-3-13(4-6-28)18-26-15(11-31-18)10-30-16-1-2-17(23-9-16)29(12-21)27-22/h1-2,7-9,11-13,21-22H,3-6,10H2. The number of halogens is 1. The van der Waals surface area contributed by atoms with Crippen molar-refractivity contribution in [2.45, 2.75) is 25.4 Å². The molecular weight excluding hydrogens is 421 g/mol. The number of ether oxygens (including phenoxy) is 1. The second-order valence-corrected chi connectivity index (χ2v) is 7.74. The van der Waals surface area contributed by atoms with Crippen molar-refractivity contribution in [3.8, 4) is 5.75 Å². The van der Waals surface area contributed by atoms with E-state index in [1.54, 1.807) is 23.5 Å². The van der Waals surface area contributed by atoms with Gasteiger partial charge in [0.05, 0.1) is 29.3 Å². The van der Waals surface area contributed by atoms with Crippen LogP contribution < -0.4 is 14.6 Å². The Morgan fingerprint density at radius 2 is 2.00 bits per heavy atom. The van der Waals surface area contributed by atoms with Gasteiger partial charge in [-0.15, -0.1) is 11.3 Å². The second kappa shape index (κ2) is 9.51. The molecule has 1 aliphatic rings. The summed E-state index contributed by atoms with van der Waals surface area (Å²) >= 11 is 1.63. The minimum Gasteiger partial charge on any atom is -0.486 e. The fourth-order valence-electron chi connectivity index (χ4n) is 3.27. The first-order valence-corrected chi connectivity index (χ1v) is 10.5. The third-order valence-electron chi connectivity index (χ3n) is 4.88. The van der Waals surface area contributed by atoms with Crippen LogP contribution in [0.3, 0.4) is 0 Å². The van der Waals surface area contributed by atoms with Crippen LogP contribution in [0.5, 0.6) is 5.75 Å². The molecule has 10 nitrogen and oxygen atoms in total. The molecule has 0 bridgehead atoms. The van der Waals surface area contributed by atoms with Gasteiger partial charge in [-0.05, 0) is 25.0 Å². The maximum Gasteiger partial charge on any atom is 0.225 e. The zero-order valence-electron chi connectivity index (χ0n) is 16.5. The minimum atomic E-state index is -0.431. The summed E-state index contributed by atoms with van der Waals surface area (Å²) in [5.41, 5.74) is 7.85. The lowest BCUT2D eigenvalue weighted by Gasteiger charge is -2.30. The molecule has 12 heteroatoms. The van der Waals surface area contributed by atoms with Gasteiger partial charge in [-0.25, -0.2) is 24.3 Å². The van der Waals surface area contributed by atoms with Gasteiger partial charge in [-0.1, -0.05) is 5.22 Å². The molecule has 1 saturated heterocycles. The lowest BCUT2D eigenvalue weighted by Crippen LogP contribution is -2.34. The molecule has 1 aliphatic heterocycles. The first kappa shape index (κ1) is 20.7. The number of thiazole rings is 1. The lowest BCUT2D eigenvalue weighted by atomic mass is 9.98. The highest BCUT2D eigenvalue weighted by molar-refractivity contribution is 7.09. The molecular formula is C19H20FN9OS. The van der Waals surface area contributed by atoms with Crippen molar-refractivity contribution in [3.63, 3.8) is 0 Å². The number of hydrogen-bond donors (Lipinski definition) is 2. The predicted octanol–water partition coefficient (Wildman–Crippen LogP) is 3.79. The Labute approximate surface area is 181 Å². The van der Waals surface area contributed by atoms with Crippen molar-refractivity contribution in [3.05, 3.63) is 52.6 Å². The molecule has 0 radical (unpaired) electrons. The van der Waals surface area contributed by atoms with Crippen molar-refractivity contribution in [1.29, 1.82) is 10.9 Å². The molecule has 0 aromatic carbocycles. The van der Waals surface area contributed by atoms with Crippen LogP contribution >= 0.6 is 11.3 Å². The number of pyridine rings is 1. The largest absolute Gasteiger partial charge is 0.486 e.